The fourth-order valence-electron chi connectivity index (χ4n) is 2.59. The number of carbonyl (C=O) groups is 1. The molecule has 122 valence electrons. The third kappa shape index (κ3) is 4.06. The number of carbonyl (C=O) groups excluding carboxylic acids is 1. The number of nitrogens with zero attached hydrogens (tertiary/aromatic N) is 2. The lowest BCUT2D eigenvalue weighted by Gasteiger charge is -2.34. The Balaban J connectivity index is 1.41. The Bertz CT molecular complexity index is 637. The maximum absolute atomic E-state index is 12.2. The van der Waals surface area contributed by atoms with Crippen LogP contribution in [0.1, 0.15) is 10.4 Å². The van der Waals surface area contributed by atoms with E-state index in [1.54, 1.807) is 6.07 Å². The van der Waals surface area contributed by atoms with E-state index in [1.807, 2.05) is 29.2 Å². The van der Waals surface area contributed by atoms with Crippen LogP contribution in [0, 0.1) is 0 Å². The van der Waals surface area contributed by atoms with E-state index in [-0.39, 0.29) is 5.91 Å². The van der Waals surface area contributed by atoms with E-state index >= 15 is 0 Å². The number of hydrogen-bond acceptors (Lipinski definition) is 4. The lowest BCUT2D eigenvalue weighted by atomic mass is 10.2. The quantitative estimate of drug-likeness (QED) is 0.843. The Hall–Kier alpha value is -1.98. The van der Waals surface area contributed by atoms with Gasteiger partial charge >= 0.3 is 0 Å². The lowest BCUT2D eigenvalue weighted by Crippen LogP contribution is -2.49. The predicted molar refractivity (Wildman–Crippen MR) is 88.0 cm³/mol. The van der Waals surface area contributed by atoms with Crippen molar-refractivity contribution in [1.82, 2.24) is 9.80 Å². The van der Waals surface area contributed by atoms with Crippen LogP contribution in [-0.2, 0) is 0 Å². The molecule has 5 nitrogen and oxygen atoms in total. The first-order valence-electron chi connectivity index (χ1n) is 7.65. The molecule has 3 rings (SSSR count). The van der Waals surface area contributed by atoms with Crippen LogP contribution in [0.4, 0.5) is 0 Å². The van der Waals surface area contributed by atoms with E-state index in [0.717, 1.165) is 32.7 Å². The van der Waals surface area contributed by atoms with Crippen molar-refractivity contribution in [2.75, 3.05) is 39.3 Å². The van der Waals surface area contributed by atoms with Crippen LogP contribution in [0.2, 0.25) is 5.02 Å². The highest BCUT2D eigenvalue weighted by atomic mass is 35.5. The van der Waals surface area contributed by atoms with Crippen molar-refractivity contribution in [2.45, 2.75) is 0 Å². The zero-order valence-electron chi connectivity index (χ0n) is 12.8. The van der Waals surface area contributed by atoms with Crippen LogP contribution in [0.15, 0.2) is 47.3 Å². The summed E-state index contributed by atoms with van der Waals surface area (Å²) in [5.74, 6) is 0.744. The molecule has 1 saturated heterocycles. The molecular formula is C17H19ClN2O3. The summed E-state index contributed by atoms with van der Waals surface area (Å²) in [5, 5.41) is 0.628. The first-order valence-corrected chi connectivity index (χ1v) is 8.03. The van der Waals surface area contributed by atoms with Crippen LogP contribution in [-0.4, -0.2) is 55.0 Å². The molecule has 0 spiro atoms. The second kappa shape index (κ2) is 7.53. The molecule has 1 aromatic heterocycles. The number of amides is 1. The summed E-state index contributed by atoms with van der Waals surface area (Å²) >= 11 is 6.06. The summed E-state index contributed by atoms with van der Waals surface area (Å²) < 4.78 is 10.7. The van der Waals surface area contributed by atoms with E-state index in [0.29, 0.717) is 22.9 Å². The molecule has 0 bridgehead atoms. The smallest absolute Gasteiger partial charge is 0.257 e. The van der Waals surface area contributed by atoms with Crippen LogP contribution < -0.4 is 4.74 Å². The van der Waals surface area contributed by atoms with Crippen LogP contribution in [0.25, 0.3) is 0 Å². The number of benzene rings is 1. The van der Waals surface area contributed by atoms with Crippen LogP contribution in [0.5, 0.6) is 5.75 Å². The lowest BCUT2D eigenvalue weighted by molar-refractivity contribution is 0.0619. The van der Waals surface area contributed by atoms with Gasteiger partial charge in [-0.2, -0.15) is 0 Å². The fourth-order valence-corrected chi connectivity index (χ4v) is 2.78. The van der Waals surface area contributed by atoms with Gasteiger partial charge in [0.15, 0.2) is 0 Å². The van der Waals surface area contributed by atoms with E-state index in [9.17, 15) is 4.79 Å². The monoisotopic (exact) mass is 334 g/mol. The van der Waals surface area contributed by atoms with Gasteiger partial charge in [0.25, 0.3) is 5.91 Å². The zero-order chi connectivity index (χ0) is 16.1. The van der Waals surface area contributed by atoms with E-state index in [2.05, 4.69) is 4.90 Å². The van der Waals surface area contributed by atoms with Crippen LogP contribution >= 0.6 is 11.6 Å². The molecule has 0 radical (unpaired) electrons. The third-order valence-corrected chi connectivity index (χ3v) is 4.24. The third-order valence-electron chi connectivity index (χ3n) is 3.93. The highest BCUT2D eigenvalue weighted by molar-refractivity contribution is 6.32. The predicted octanol–water partition coefficient (Wildman–Crippen LogP) is 2.77. The Morgan fingerprint density at radius 3 is 2.65 bits per heavy atom. The van der Waals surface area contributed by atoms with Gasteiger partial charge in [-0.15, -0.1) is 0 Å². The van der Waals surface area contributed by atoms with Crippen LogP contribution in [0.3, 0.4) is 0 Å². The summed E-state index contributed by atoms with van der Waals surface area (Å²) in [7, 11) is 0. The van der Waals surface area contributed by atoms with Gasteiger partial charge in [0, 0.05) is 32.7 Å². The summed E-state index contributed by atoms with van der Waals surface area (Å²) in [6, 6.07) is 9.17. The number of hydrogen-bond donors (Lipinski definition) is 0. The summed E-state index contributed by atoms with van der Waals surface area (Å²) in [6.07, 6.45) is 3.02. The standard InChI is InChI=1S/C17H19ClN2O3/c18-15-3-1-2-4-16(15)23-12-10-19-6-8-20(9-7-19)17(21)14-5-11-22-13-14/h1-5,11,13H,6-10,12H2. The molecule has 1 amide bonds. The van der Waals surface area contributed by atoms with Gasteiger partial charge in [0.2, 0.25) is 0 Å². The summed E-state index contributed by atoms with van der Waals surface area (Å²) in [4.78, 5) is 16.4. The topological polar surface area (TPSA) is 45.9 Å². The van der Waals surface area contributed by atoms with Crippen molar-refractivity contribution in [2.24, 2.45) is 0 Å². The molecule has 6 heteroatoms. The van der Waals surface area contributed by atoms with Gasteiger partial charge in [-0.05, 0) is 18.2 Å². The molecule has 2 aromatic rings. The van der Waals surface area contributed by atoms with Crippen molar-refractivity contribution in [3.8, 4) is 5.75 Å². The van der Waals surface area contributed by atoms with Crippen molar-refractivity contribution >= 4 is 17.5 Å². The van der Waals surface area contributed by atoms with E-state index < -0.39 is 0 Å². The largest absolute Gasteiger partial charge is 0.491 e. The molecule has 0 unspecified atom stereocenters. The second-order valence-corrected chi connectivity index (χ2v) is 5.83. The number of furan rings is 1. The van der Waals surface area contributed by atoms with Gasteiger partial charge in [0.1, 0.15) is 18.6 Å². The van der Waals surface area contributed by atoms with Gasteiger partial charge < -0.3 is 14.1 Å². The molecule has 1 aliphatic rings. The molecule has 1 aliphatic heterocycles. The minimum atomic E-state index is 0.0331. The average molecular weight is 335 g/mol. The normalized spacial score (nSPS) is 15.6. The first-order chi connectivity index (χ1) is 11.2. The minimum Gasteiger partial charge on any atom is -0.491 e. The molecule has 1 fully saturated rings. The highest BCUT2D eigenvalue weighted by Gasteiger charge is 2.22. The van der Waals surface area contributed by atoms with Crippen molar-refractivity contribution in [1.29, 1.82) is 0 Å². The molecule has 2 heterocycles. The molecule has 23 heavy (non-hydrogen) atoms. The summed E-state index contributed by atoms with van der Waals surface area (Å²) in [5.41, 5.74) is 0.612. The first kappa shape index (κ1) is 15.9. The molecule has 0 atom stereocenters. The van der Waals surface area contributed by atoms with Gasteiger partial charge in [-0.1, -0.05) is 23.7 Å². The highest BCUT2D eigenvalue weighted by Crippen LogP contribution is 2.22. The van der Waals surface area contributed by atoms with E-state index in [1.165, 1.54) is 12.5 Å². The van der Waals surface area contributed by atoms with E-state index in [4.69, 9.17) is 20.8 Å². The Morgan fingerprint density at radius 1 is 1.17 bits per heavy atom. The van der Waals surface area contributed by atoms with Crippen molar-refractivity contribution in [3.05, 3.63) is 53.4 Å². The summed E-state index contributed by atoms with van der Waals surface area (Å²) in [6.45, 7) is 4.52. The number of ether oxygens (including phenoxy) is 1. The zero-order valence-corrected chi connectivity index (χ0v) is 13.5. The van der Waals surface area contributed by atoms with Crippen molar-refractivity contribution < 1.29 is 13.9 Å². The molecule has 1 aromatic carbocycles. The number of rotatable bonds is 5. The Labute approximate surface area is 140 Å². The number of halogens is 1. The second-order valence-electron chi connectivity index (χ2n) is 5.42. The minimum absolute atomic E-state index is 0.0331. The number of piperazine rings is 1. The SMILES string of the molecule is O=C(c1ccoc1)N1CCN(CCOc2ccccc2Cl)CC1. The average Bonchev–Trinajstić information content (AvgIpc) is 3.11. The molecule has 0 saturated carbocycles. The van der Waals surface area contributed by atoms with Crippen molar-refractivity contribution in [3.63, 3.8) is 0 Å². The van der Waals surface area contributed by atoms with Gasteiger partial charge in [-0.25, -0.2) is 0 Å². The molecular weight excluding hydrogens is 316 g/mol. The Morgan fingerprint density at radius 2 is 1.96 bits per heavy atom. The number of para-hydroxylation sites is 1. The maximum Gasteiger partial charge on any atom is 0.257 e. The molecule has 0 aliphatic carbocycles. The van der Waals surface area contributed by atoms with Gasteiger partial charge in [-0.3, -0.25) is 9.69 Å². The van der Waals surface area contributed by atoms with Gasteiger partial charge in [0.05, 0.1) is 16.8 Å². The molecule has 0 N–H and O–H groups in total. The maximum atomic E-state index is 12.2. The Kier molecular flexibility index (Phi) is 5.20. The fraction of sp³-hybridized carbons (Fsp3) is 0.353.